The van der Waals surface area contributed by atoms with Crippen LogP contribution in [-0.2, 0) is 6.42 Å². The molecule has 3 rings (SSSR count). The molecule has 0 bridgehead atoms. The standard InChI is InChI=1S/C13H20N2O/c14-7-3-6-12-15-8-11(16-12)13-9-4-1-2-5-10(9)13/h8-10,13H,1-7,14H2. The maximum Gasteiger partial charge on any atom is 0.194 e. The van der Waals surface area contributed by atoms with Crippen LogP contribution in [0.5, 0.6) is 0 Å². The third-order valence-electron chi connectivity index (χ3n) is 4.15. The lowest BCUT2D eigenvalue weighted by molar-refractivity contribution is 0.443. The van der Waals surface area contributed by atoms with Crippen LogP contribution in [0.4, 0.5) is 0 Å². The van der Waals surface area contributed by atoms with Gasteiger partial charge in [-0.2, -0.15) is 0 Å². The SMILES string of the molecule is NCCCc1ncc(C2C3CCCCC32)o1. The zero-order valence-electron chi connectivity index (χ0n) is 9.69. The summed E-state index contributed by atoms with van der Waals surface area (Å²) in [6.45, 7) is 0.715. The van der Waals surface area contributed by atoms with E-state index in [9.17, 15) is 0 Å². The van der Waals surface area contributed by atoms with Crippen molar-refractivity contribution in [3.63, 3.8) is 0 Å². The average Bonchev–Trinajstić information content (AvgIpc) is 2.87. The smallest absolute Gasteiger partial charge is 0.194 e. The Morgan fingerprint density at radius 2 is 2.06 bits per heavy atom. The lowest BCUT2D eigenvalue weighted by atomic mass is 10.0. The highest BCUT2D eigenvalue weighted by molar-refractivity contribution is 5.18. The second-order valence-electron chi connectivity index (χ2n) is 5.19. The first kappa shape index (κ1) is 10.3. The minimum absolute atomic E-state index is 0.696. The normalized spacial score (nSPS) is 32.4. The molecule has 0 aliphatic heterocycles. The van der Waals surface area contributed by atoms with Gasteiger partial charge in [-0.15, -0.1) is 0 Å². The number of nitrogens with zero attached hydrogens (tertiary/aromatic N) is 1. The van der Waals surface area contributed by atoms with Gasteiger partial charge in [0, 0.05) is 12.3 Å². The summed E-state index contributed by atoms with van der Waals surface area (Å²) in [7, 11) is 0. The fourth-order valence-corrected chi connectivity index (χ4v) is 3.26. The molecule has 2 atom stereocenters. The Hall–Kier alpha value is -0.830. The van der Waals surface area contributed by atoms with Gasteiger partial charge in [-0.1, -0.05) is 12.8 Å². The number of hydrogen-bond acceptors (Lipinski definition) is 3. The number of aromatic nitrogens is 1. The van der Waals surface area contributed by atoms with E-state index in [1.807, 2.05) is 6.20 Å². The molecule has 0 saturated heterocycles. The molecule has 3 nitrogen and oxygen atoms in total. The maximum absolute atomic E-state index is 5.83. The van der Waals surface area contributed by atoms with Crippen LogP contribution in [0.25, 0.3) is 0 Å². The molecule has 2 saturated carbocycles. The Bertz CT molecular complexity index is 349. The molecule has 2 aliphatic rings. The van der Waals surface area contributed by atoms with Crippen molar-refractivity contribution >= 4 is 0 Å². The molecule has 1 aromatic heterocycles. The summed E-state index contributed by atoms with van der Waals surface area (Å²) in [5.41, 5.74) is 5.48. The van der Waals surface area contributed by atoms with Crippen molar-refractivity contribution in [2.24, 2.45) is 17.6 Å². The molecular formula is C13H20N2O. The minimum atomic E-state index is 0.696. The monoisotopic (exact) mass is 220 g/mol. The van der Waals surface area contributed by atoms with Crippen molar-refractivity contribution in [1.82, 2.24) is 4.98 Å². The van der Waals surface area contributed by atoms with Gasteiger partial charge < -0.3 is 10.2 Å². The van der Waals surface area contributed by atoms with Gasteiger partial charge in [0.05, 0.1) is 6.20 Å². The number of rotatable bonds is 4. The van der Waals surface area contributed by atoms with Crippen LogP contribution in [0, 0.1) is 11.8 Å². The number of aryl methyl sites for hydroxylation is 1. The van der Waals surface area contributed by atoms with Crippen molar-refractivity contribution in [1.29, 1.82) is 0 Å². The molecule has 0 amide bonds. The van der Waals surface area contributed by atoms with Crippen molar-refractivity contribution in [2.75, 3.05) is 6.54 Å². The van der Waals surface area contributed by atoms with Crippen LogP contribution in [0.2, 0.25) is 0 Å². The topological polar surface area (TPSA) is 52.0 Å². The molecule has 88 valence electrons. The van der Waals surface area contributed by atoms with E-state index >= 15 is 0 Å². The zero-order valence-corrected chi connectivity index (χ0v) is 9.69. The van der Waals surface area contributed by atoms with E-state index < -0.39 is 0 Å². The Morgan fingerprint density at radius 1 is 1.31 bits per heavy atom. The second-order valence-corrected chi connectivity index (χ2v) is 5.19. The van der Waals surface area contributed by atoms with Crippen LogP contribution >= 0.6 is 0 Å². The third kappa shape index (κ3) is 1.77. The largest absolute Gasteiger partial charge is 0.445 e. The molecule has 2 aliphatic carbocycles. The van der Waals surface area contributed by atoms with Gasteiger partial charge in [-0.05, 0) is 37.6 Å². The van der Waals surface area contributed by atoms with Gasteiger partial charge in [-0.3, -0.25) is 0 Å². The summed E-state index contributed by atoms with van der Waals surface area (Å²) in [6, 6.07) is 0. The Balaban J connectivity index is 1.64. The summed E-state index contributed by atoms with van der Waals surface area (Å²) in [5, 5.41) is 0. The molecule has 0 radical (unpaired) electrons. The molecule has 3 heteroatoms. The van der Waals surface area contributed by atoms with Gasteiger partial charge in [0.2, 0.25) is 0 Å². The van der Waals surface area contributed by atoms with E-state index in [2.05, 4.69) is 4.98 Å². The van der Waals surface area contributed by atoms with Crippen LogP contribution < -0.4 is 5.73 Å². The van der Waals surface area contributed by atoms with E-state index in [1.54, 1.807) is 0 Å². The summed E-state index contributed by atoms with van der Waals surface area (Å²) < 4.78 is 5.83. The van der Waals surface area contributed by atoms with Crippen molar-refractivity contribution in [2.45, 2.75) is 44.4 Å². The zero-order chi connectivity index (χ0) is 11.0. The average molecular weight is 220 g/mol. The van der Waals surface area contributed by atoms with Gasteiger partial charge >= 0.3 is 0 Å². The summed E-state index contributed by atoms with van der Waals surface area (Å²) in [5.74, 6) is 4.53. The number of nitrogens with two attached hydrogens (primary N) is 1. The summed E-state index contributed by atoms with van der Waals surface area (Å²) >= 11 is 0. The predicted octanol–water partition coefficient (Wildman–Crippen LogP) is 2.47. The summed E-state index contributed by atoms with van der Waals surface area (Å²) in [6.07, 6.45) is 9.42. The molecule has 2 N–H and O–H groups in total. The maximum atomic E-state index is 5.83. The van der Waals surface area contributed by atoms with E-state index in [4.69, 9.17) is 10.2 Å². The quantitative estimate of drug-likeness (QED) is 0.848. The van der Waals surface area contributed by atoms with Crippen LogP contribution in [-0.4, -0.2) is 11.5 Å². The van der Waals surface area contributed by atoms with Crippen molar-refractivity contribution in [3.8, 4) is 0 Å². The Labute approximate surface area is 96.4 Å². The van der Waals surface area contributed by atoms with Gasteiger partial charge in [0.1, 0.15) is 5.76 Å². The number of fused-ring (bicyclic) bond motifs is 1. The first-order chi connectivity index (χ1) is 7.90. The highest BCUT2D eigenvalue weighted by Gasteiger charge is 2.53. The molecule has 2 unspecified atom stereocenters. The van der Waals surface area contributed by atoms with E-state index in [0.29, 0.717) is 12.5 Å². The highest BCUT2D eigenvalue weighted by Crippen LogP contribution is 2.61. The van der Waals surface area contributed by atoms with E-state index in [-0.39, 0.29) is 0 Å². The molecule has 1 heterocycles. The van der Waals surface area contributed by atoms with E-state index in [0.717, 1.165) is 36.3 Å². The molecule has 1 aromatic rings. The van der Waals surface area contributed by atoms with Crippen molar-refractivity contribution in [3.05, 3.63) is 17.8 Å². The first-order valence-corrected chi connectivity index (χ1v) is 6.55. The van der Waals surface area contributed by atoms with Gasteiger partial charge in [0.25, 0.3) is 0 Å². The molecule has 2 fully saturated rings. The second kappa shape index (κ2) is 4.21. The fourth-order valence-electron chi connectivity index (χ4n) is 3.26. The van der Waals surface area contributed by atoms with Crippen molar-refractivity contribution < 1.29 is 4.42 Å². The van der Waals surface area contributed by atoms with Crippen LogP contribution in [0.3, 0.4) is 0 Å². The summed E-state index contributed by atoms with van der Waals surface area (Å²) in [4.78, 5) is 4.35. The Morgan fingerprint density at radius 3 is 2.75 bits per heavy atom. The molecular weight excluding hydrogens is 200 g/mol. The third-order valence-corrected chi connectivity index (χ3v) is 4.15. The van der Waals surface area contributed by atoms with Crippen LogP contribution in [0.15, 0.2) is 10.6 Å². The van der Waals surface area contributed by atoms with Gasteiger partial charge in [0.15, 0.2) is 5.89 Å². The molecule has 0 spiro atoms. The fraction of sp³-hybridized carbons (Fsp3) is 0.769. The number of oxazole rings is 1. The first-order valence-electron chi connectivity index (χ1n) is 6.55. The minimum Gasteiger partial charge on any atom is -0.445 e. The van der Waals surface area contributed by atoms with Gasteiger partial charge in [-0.25, -0.2) is 4.98 Å². The lowest BCUT2D eigenvalue weighted by Crippen LogP contribution is -2.00. The molecule has 0 aromatic carbocycles. The number of hydrogen-bond donors (Lipinski definition) is 1. The molecule has 16 heavy (non-hydrogen) atoms. The lowest BCUT2D eigenvalue weighted by Gasteiger charge is -2.04. The Kier molecular flexibility index (Phi) is 2.72. The van der Waals surface area contributed by atoms with E-state index in [1.165, 1.54) is 25.7 Å². The predicted molar refractivity (Wildman–Crippen MR) is 62.1 cm³/mol. The van der Waals surface area contributed by atoms with Crippen LogP contribution in [0.1, 0.15) is 49.7 Å². The highest BCUT2D eigenvalue weighted by atomic mass is 16.4.